The van der Waals surface area contributed by atoms with E-state index in [2.05, 4.69) is 10.1 Å². The monoisotopic (exact) mass is 291 g/mol. The summed E-state index contributed by atoms with van der Waals surface area (Å²) in [6.07, 6.45) is 2.79. The lowest BCUT2D eigenvalue weighted by atomic mass is 10.1. The second-order valence-electron chi connectivity index (χ2n) is 3.97. The first-order valence-corrected chi connectivity index (χ1v) is 6.89. The van der Waals surface area contributed by atoms with Gasteiger partial charge in [0.1, 0.15) is 6.10 Å². The Hall–Kier alpha value is -1.69. The summed E-state index contributed by atoms with van der Waals surface area (Å²) in [7, 11) is 0. The molecule has 4 nitrogen and oxygen atoms in total. The first kappa shape index (κ1) is 12.3. The molecular formula is C13H10ClN3OS. The van der Waals surface area contributed by atoms with Crippen LogP contribution in [0.3, 0.4) is 0 Å². The fraction of sp³-hybridized carbons (Fsp3) is 0.0769. The van der Waals surface area contributed by atoms with Gasteiger partial charge in [-0.2, -0.15) is 5.10 Å². The summed E-state index contributed by atoms with van der Waals surface area (Å²) in [4.78, 5) is 4.09. The number of thiazole rings is 1. The Labute approximate surface area is 118 Å². The van der Waals surface area contributed by atoms with Crippen molar-refractivity contribution < 1.29 is 5.11 Å². The molecule has 0 saturated carbocycles. The highest BCUT2D eigenvalue weighted by molar-refractivity contribution is 7.13. The number of aromatic nitrogens is 3. The fourth-order valence-corrected chi connectivity index (χ4v) is 2.61. The molecule has 0 radical (unpaired) electrons. The quantitative estimate of drug-likeness (QED) is 0.807. The van der Waals surface area contributed by atoms with E-state index in [1.54, 1.807) is 16.3 Å². The van der Waals surface area contributed by atoms with Crippen molar-refractivity contribution in [3.05, 3.63) is 63.8 Å². The molecule has 1 atom stereocenters. The molecule has 0 saturated heterocycles. The molecule has 1 unspecified atom stereocenters. The van der Waals surface area contributed by atoms with E-state index in [4.69, 9.17) is 11.6 Å². The summed E-state index contributed by atoms with van der Waals surface area (Å²) in [6, 6.07) is 9.39. The third kappa shape index (κ3) is 2.53. The molecule has 96 valence electrons. The summed E-state index contributed by atoms with van der Waals surface area (Å²) in [5, 5.41) is 16.2. The summed E-state index contributed by atoms with van der Waals surface area (Å²) in [5.74, 6) is 0. The molecular weight excluding hydrogens is 282 g/mol. The van der Waals surface area contributed by atoms with Crippen molar-refractivity contribution in [2.75, 3.05) is 0 Å². The lowest BCUT2D eigenvalue weighted by Crippen LogP contribution is -2.02. The van der Waals surface area contributed by atoms with E-state index < -0.39 is 6.10 Å². The molecule has 19 heavy (non-hydrogen) atoms. The van der Waals surface area contributed by atoms with E-state index in [-0.39, 0.29) is 0 Å². The van der Waals surface area contributed by atoms with Crippen molar-refractivity contribution in [3.8, 4) is 5.69 Å². The molecule has 0 aliphatic rings. The van der Waals surface area contributed by atoms with Gasteiger partial charge in [0.25, 0.3) is 0 Å². The minimum Gasteiger partial charge on any atom is -0.382 e. The molecule has 0 aliphatic heterocycles. The molecule has 0 aliphatic carbocycles. The van der Waals surface area contributed by atoms with Gasteiger partial charge in [0.05, 0.1) is 11.4 Å². The molecule has 2 aromatic heterocycles. The van der Waals surface area contributed by atoms with Gasteiger partial charge in [-0.15, -0.1) is 11.3 Å². The molecule has 1 aromatic carbocycles. The Morgan fingerprint density at radius 1 is 1.32 bits per heavy atom. The van der Waals surface area contributed by atoms with Crippen LogP contribution < -0.4 is 0 Å². The zero-order valence-electron chi connectivity index (χ0n) is 9.77. The largest absolute Gasteiger partial charge is 0.382 e. The van der Waals surface area contributed by atoms with Crippen LogP contribution in [0.4, 0.5) is 0 Å². The zero-order valence-corrected chi connectivity index (χ0v) is 11.3. The lowest BCUT2D eigenvalue weighted by molar-refractivity contribution is 0.216. The normalized spacial score (nSPS) is 12.5. The maximum absolute atomic E-state index is 10.3. The summed E-state index contributed by atoms with van der Waals surface area (Å²) in [5.41, 5.74) is 2.21. The first-order valence-electron chi connectivity index (χ1n) is 5.63. The summed E-state index contributed by atoms with van der Waals surface area (Å²) in [6.45, 7) is 0. The number of hydrogen-bond acceptors (Lipinski definition) is 4. The van der Waals surface area contributed by atoms with Crippen molar-refractivity contribution in [1.82, 2.24) is 14.8 Å². The van der Waals surface area contributed by atoms with Gasteiger partial charge in [-0.3, -0.25) is 0 Å². The molecule has 6 heteroatoms. The Morgan fingerprint density at radius 2 is 2.21 bits per heavy atom. The van der Waals surface area contributed by atoms with E-state index in [0.717, 1.165) is 11.3 Å². The van der Waals surface area contributed by atoms with Crippen LogP contribution in [-0.4, -0.2) is 19.9 Å². The molecule has 0 fully saturated rings. The summed E-state index contributed by atoms with van der Waals surface area (Å²) >= 11 is 7.09. The third-order valence-electron chi connectivity index (χ3n) is 2.73. The van der Waals surface area contributed by atoms with E-state index in [9.17, 15) is 5.11 Å². The Morgan fingerprint density at radius 3 is 2.89 bits per heavy atom. The van der Waals surface area contributed by atoms with Crippen molar-refractivity contribution in [2.24, 2.45) is 0 Å². The second-order valence-corrected chi connectivity index (χ2v) is 5.41. The molecule has 0 spiro atoms. The predicted molar refractivity (Wildman–Crippen MR) is 74.7 cm³/mol. The number of hydrogen-bond donors (Lipinski definition) is 1. The van der Waals surface area contributed by atoms with Crippen LogP contribution in [0.2, 0.25) is 4.47 Å². The van der Waals surface area contributed by atoms with Crippen molar-refractivity contribution in [3.63, 3.8) is 0 Å². The van der Waals surface area contributed by atoms with Gasteiger partial charge >= 0.3 is 0 Å². The molecule has 3 rings (SSSR count). The van der Waals surface area contributed by atoms with Crippen LogP contribution in [0.5, 0.6) is 0 Å². The van der Waals surface area contributed by atoms with Crippen LogP contribution >= 0.6 is 22.9 Å². The molecule has 0 amide bonds. The molecule has 2 heterocycles. The van der Waals surface area contributed by atoms with Gasteiger partial charge < -0.3 is 5.11 Å². The highest BCUT2D eigenvalue weighted by atomic mass is 35.5. The minimum atomic E-state index is -0.778. The smallest absolute Gasteiger partial charge is 0.183 e. The molecule has 1 N–H and O–H groups in total. The number of benzene rings is 1. The van der Waals surface area contributed by atoms with Crippen LogP contribution in [0, 0.1) is 0 Å². The molecule has 0 bridgehead atoms. The van der Waals surface area contributed by atoms with E-state index >= 15 is 0 Å². The predicted octanol–water partition coefficient (Wildman–Crippen LogP) is 3.06. The number of aliphatic hydroxyl groups is 1. The minimum absolute atomic E-state index is 0.428. The number of rotatable bonds is 3. The van der Waals surface area contributed by atoms with Gasteiger partial charge in [-0.05, 0) is 23.8 Å². The van der Waals surface area contributed by atoms with Gasteiger partial charge in [0.15, 0.2) is 4.47 Å². The van der Waals surface area contributed by atoms with Gasteiger partial charge in [0, 0.05) is 17.8 Å². The van der Waals surface area contributed by atoms with Crippen LogP contribution in [0.15, 0.2) is 48.1 Å². The van der Waals surface area contributed by atoms with Crippen molar-refractivity contribution in [2.45, 2.75) is 6.10 Å². The average molecular weight is 292 g/mol. The maximum Gasteiger partial charge on any atom is 0.183 e. The highest BCUT2D eigenvalue weighted by Gasteiger charge is 2.14. The second kappa shape index (κ2) is 5.13. The third-order valence-corrected chi connectivity index (χ3v) is 3.73. The molecule has 3 aromatic rings. The standard InChI is InChI=1S/C13H10ClN3OS/c14-13-16-11(8-19-13)12(18)9-3-1-4-10(7-9)17-6-2-5-15-17/h1-8,12,18H. The van der Waals surface area contributed by atoms with Gasteiger partial charge in [-0.25, -0.2) is 9.67 Å². The van der Waals surface area contributed by atoms with Gasteiger partial charge in [-0.1, -0.05) is 23.7 Å². The van der Waals surface area contributed by atoms with Crippen LogP contribution in [0.25, 0.3) is 5.69 Å². The van der Waals surface area contributed by atoms with Gasteiger partial charge in [0.2, 0.25) is 0 Å². The average Bonchev–Trinajstić information content (AvgIpc) is 3.09. The SMILES string of the molecule is OC(c1cccc(-n2cccn2)c1)c1csc(Cl)n1. The maximum atomic E-state index is 10.3. The summed E-state index contributed by atoms with van der Waals surface area (Å²) < 4.78 is 2.17. The van der Waals surface area contributed by atoms with Crippen LogP contribution in [0.1, 0.15) is 17.4 Å². The topological polar surface area (TPSA) is 50.9 Å². The highest BCUT2D eigenvalue weighted by Crippen LogP contribution is 2.26. The van der Waals surface area contributed by atoms with E-state index in [1.165, 1.54) is 11.3 Å². The van der Waals surface area contributed by atoms with E-state index in [1.807, 2.05) is 36.5 Å². The van der Waals surface area contributed by atoms with Crippen LogP contribution in [-0.2, 0) is 0 Å². The Bertz CT molecular complexity index is 681. The number of nitrogens with zero attached hydrogens (tertiary/aromatic N) is 3. The Kier molecular flexibility index (Phi) is 3.33. The van der Waals surface area contributed by atoms with Crippen molar-refractivity contribution >= 4 is 22.9 Å². The first-order chi connectivity index (χ1) is 9.24. The fourth-order valence-electron chi connectivity index (χ4n) is 1.82. The number of aliphatic hydroxyl groups excluding tert-OH is 1. The van der Waals surface area contributed by atoms with E-state index in [0.29, 0.717) is 10.2 Å². The Balaban J connectivity index is 1.95. The number of halogens is 1. The lowest BCUT2D eigenvalue weighted by Gasteiger charge is -2.10. The zero-order chi connectivity index (χ0) is 13.2. The van der Waals surface area contributed by atoms with Crippen molar-refractivity contribution in [1.29, 1.82) is 0 Å².